The van der Waals surface area contributed by atoms with E-state index >= 15 is 0 Å². The third kappa shape index (κ3) is 4.28. The number of fused-ring (bicyclic) bond motifs is 1. The van der Waals surface area contributed by atoms with Crippen molar-refractivity contribution in [2.24, 2.45) is 0 Å². The first-order valence-electron chi connectivity index (χ1n) is 10.3. The number of carbonyl (C=O) groups is 1. The number of piperidine rings is 1. The second kappa shape index (κ2) is 8.47. The number of likely N-dealkylation sites (tertiary alicyclic amines) is 1. The number of nitrogens with zero attached hydrogens (tertiary/aromatic N) is 3. The Morgan fingerprint density at radius 3 is 2.82 bits per heavy atom. The third-order valence-electron chi connectivity index (χ3n) is 5.62. The summed E-state index contributed by atoms with van der Waals surface area (Å²) in [7, 11) is 0. The fourth-order valence-electron chi connectivity index (χ4n) is 3.87. The molecule has 4 aromatic rings. The van der Waals surface area contributed by atoms with E-state index in [1.165, 1.54) is 34.4 Å². The van der Waals surface area contributed by atoms with Crippen LogP contribution >= 0.6 is 11.3 Å². The van der Waals surface area contributed by atoms with E-state index in [4.69, 9.17) is 4.74 Å². The van der Waals surface area contributed by atoms with E-state index in [1.54, 1.807) is 29.1 Å². The van der Waals surface area contributed by atoms with Gasteiger partial charge < -0.3 is 9.64 Å². The Bertz CT molecular complexity index is 1310. The van der Waals surface area contributed by atoms with Gasteiger partial charge in [-0.1, -0.05) is 18.2 Å². The molecular formula is C24H18F3N3O2S. The molecule has 0 N–H and O–H groups in total. The van der Waals surface area contributed by atoms with E-state index in [9.17, 15) is 18.0 Å². The van der Waals surface area contributed by atoms with Crippen LogP contribution in [-0.2, 0) is 0 Å². The summed E-state index contributed by atoms with van der Waals surface area (Å²) in [5.41, 5.74) is 3.28. The molecule has 0 radical (unpaired) electrons. The smallest absolute Gasteiger partial charge is 0.287 e. The van der Waals surface area contributed by atoms with E-state index in [2.05, 4.69) is 9.97 Å². The Morgan fingerprint density at radius 2 is 2.00 bits per heavy atom. The maximum Gasteiger partial charge on any atom is 0.287 e. The summed E-state index contributed by atoms with van der Waals surface area (Å²) in [6.45, 7) is -0.531. The molecular weight excluding hydrogens is 451 g/mol. The predicted octanol–water partition coefficient (Wildman–Crippen LogP) is 5.43. The van der Waals surface area contributed by atoms with Gasteiger partial charge in [-0.15, -0.1) is 11.3 Å². The molecule has 1 aliphatic heterocycles. The van der Waals surface area contributed by atoms with Crippen molar-refractivity contribution < 1.29 is 22.7 Å². The zero-order valence-corrected chi connectivity index (χ0v) is 18.1. The number of thiazole rings is 1. The topological polar surface area (TPSA) is 55.3 Å². The number of rotatable bonds is 4. The van der Waals surface area contributed by atoms with E-state index in [0.29, 0.717) is 16.8 Å². The molecule has 1 fully saturated rings. The van der Waals surface area contributed by atoms with Crippen LogP contribution in [0.3, 0.4) is 0 Å². The molecule has 1 unspecified atom stereocenters. The predicted molar refractivity (Wildman–Crippen MR) is 119 cm³/mol. The molecule has 0 spiro atoms. The first kappa shape index (κ1) is 21.4. The van der Waals surface area contributed by atoms with Gasteiger partial charge in [0.05, 0.1) is 28.8 Å². The number of halogens is 3. The molecule has 5 nitrogen and oxygen atoms in total. The van der Waals surface area contributed by atoms with Crippen LogP contribution in [0.15, 0.2) is 65.5 Å². The fraction of sp³-hybridized carbons (Fsp3) is 0.208. The number of ether oxygens (including phenoxy) is 1. The molecule has 1 amide bonds. The Hall–Kier alpha value is -3.46. The first-order valence-corrected chi connectivity index (χ1v) is 11.2. The SMILES string of the molecule is O=C(c1cc(F)ccc1-c1cscn1)N1CCC(F)(F)C(Oc2ccc3ccccc3n2)C1. The number of aromatic nitrogens is 2. The Balaban J connectivity index is 1.41. The van der Waals surface area contributed by atoms with Gasteiger partial charge in [0.15, 0.2) is 6.10 Å². The highest BCUT2D eigenvalue weighted by molar-refractivity contribution is 7.07. The van der Waals surface area contributed by atoms with Crippen molar-refractivity contribution in [1.29, 1.82) is 0 Å². The van der Waals surface area contributed by atoms with Crippen molar-refractivity contribution in [1.82, 2.24) is 14.9 Å². The van der Waals surface area contributed by atoms with Gasteiger partial charge in [-0.3, -0.25) is 4.79 Å². The molecule has 1 saturated heterocycles. The van der Waals surface area contributed by atoms with Gasteiger partial charge in [-0.25, -0.2) is 23.1 Å². The quantitative estimate of drug-likeness (QED) is 0.400. The number of carbonyl (C=O) groups excluding carboxylic acids is 1. The minimum atomic E-state index is -3.15. The van der Waals surface area contributed by atoms with Crippen LogP contribution in [0.5, 0.6) is 5.88 Å². The van der Waals surface area contributed by atoms with Crippen LogP contribution in [0.25, 0.3) is 22.2 Å². The zero-order valence-electron chi connectivity index (χ0n) is 17.2. The standard InChI is InChI=1S/C24H18F3N3O2S/c25-16-6-7-17(20-13-33-14-28-20)18(11-16)23(31)30-10-9-24(26,27)21(12-30)32-22-8-5-15-3-1-2-4-19(15)29-22/h1-8,11,13-14,21H,9-10,12H2. The normalized spacial score (nSPS) is 17.8. The summed E-state index contributed by atoms with van der Waals surface area (Å²) in [4.78, 5) is 23.0. The van der Waals surface area contributed by atoms with Crippen LogP contribution in [0.2, 0.25) is 0 Å². The number of pyridine rings is 1. The highest BCUT2D eigenvalue weighted by Gasteiger charge is 2.47. The Labute approximate surface area is 191 Å². The molecule has 1 aliphatic rings. The maximum atomic E-state index is 14.7. The summed E-state index contributed by atoms with van der Waals surface area (Å²) >= 11 is 1.34. The van der Waals surface area contributed by atoms with Crippen LogP contribution in [0.4, 0.5) is 13.2 Å². The molecule has 9 heteroatoms. The van der Waals surface area contributed by atoms with Crippen molar-refractivity contribution in [3.63, 3.8) is 0 Å². The van der Waals surface area contributed by atoms with Crippen LogP contribution in [-0.4, -0.2) is 45.9 Å². The van der Waals surface area contributed by atoms with Gasteiger partial charge in [0.1, 0.15) is 5.82 Å². The third-order valence-corrected chi connectivity index (χ3v) is 6.20. The molecule has 2 aromatic carbocycles. The number of hydrogen-bond donors (Lipinski definition) is 0. The lowest BCUT2D eigenvalue weighted by molar-refractivity contribution is -0.131. The lowest BCUT2D eigenvalue weighted by Gasteiger charge is -2.38. The summed E-state index contributed by atoms with van der Waals surface area (Å²) in [6.07, 6.45) is -2.15. The Morgan fingerprint density at radius 1 is 1.15 bits per heavy atom. The molecule has 3 heterocycles. The monoisotopic (exact) mass is 469 g/mol. The second-order valence-corrected chi connectivity index (χ2v) is 8.49. The molecule has 33 heavy (non-hydrogen) atoms. The molecule has 1 atom stereocenters. The van der Waals surface area contributed by atoms with Gasteiger partial charge in [0.2, 0.25) is 5.88 Å². The zero-order chi connectivity index (χ0) is 23.0. The summed E-state index contributed by atoms with van der Waals surface area (Å²) in [6, 6.07) is 14.4. The lowest BCUT2D eigenvalue weighted by Crippen LogP contribution is -2.55. The van der Waals surface area contributed by atoms with E-state index in [0.717, 1.165) is 11.5 Å². The van der Waals surface area contributed by atoms with Gasteiger partial charge in [0, 0.05) is 35.4 Å². The molecule has 0 aliphatic carbocycles. The molecule has 0 bridgehead atoms. The van der Waals surface area contributed by atoms with Gasteiger partial charge in [-0.2, -0.15) is 0 Å². The average molecular weight is 469 g/mol. The van der Waals surface area contributed by atoms with Crippen LogP contribution in [0.1, 0.15) is 16.8 Å². The molecule has 168 valence electrons. The lowest BCUT2D eigenvalue weighted by atomic mass is 9.99. The maximum absolute atomic E-state index is 14.7. The number of para-hydroxylation sites is 1. The number of benzene rings is 2. The minimum Gasteiger partial charge on any atom is -0.466 e. The largest absolute Gasteiger partial charge is 0.466 e. The van der Waals surface area contributed by atoms with Crippen LogP contribution < -0.4 is 4.74 Å². The first-order chi connectivity index (χ1) is 15.9. The summed E-state index contributed by atoms with van der Waals surface area (Å²) in [5, 5.41) is 2.60. The van der Waals surface area contributed by atoms with Gasteiger partial charge in [0.25, 0.3) is 11.8 Å². The van der Waals surface area contributed by atoms with E-state index in [-0.39, 0.29) is 24.5 Å². The molecule has 5 rings (SSSR count). The highest BCUT2D eigenvalue weighted by atomic mass is 32.1. The average Bonchev–Trinajstić information content (AvgIpc) is 3.34. The molecule has 2 aromatic heterocycles. The van der Waals surface area contributed by atoms with Gasteiger partial charge in [-0.05, 0) is 30.3 Å². The van der Waals surface area contributed by atoms with E-state index in [1.807, 2.05) is 12.1 Å². The highest BCUT2D eigenvalue weighted by Crippen LogP contribution is 2.33. The van der Waals surface area contributed by atoms with Crippen molar-refractivity contribution >= 4 is 28.1 Å². The minimum absolute atomic E-state index is 0.0570. The molecule has 0 saturated carbocycles. The van der Waals surface area contributed by atoms with Crippen molar-refractivity contribution in [2.45, 2.75) is 18.4 Å². The van der Waals surface area contributed by atoms with E-state index < -0.39 is 30.2 Å². The second-order valence-electron chi connectivity index (χ2n) is 7.77. The van der Waals surface area contributed by atoms with Crippen molar-refractivity contribution in [3.05, 3.63) is 76.9 Å². The van der Waals surface area contributed by atoms with Crippen molar-refractivity contribution in [2.75, 3.05) is 13.1 Å². The van der Waals surface area contributed by atoms with Gasteiger partial charge >= 0.3 is 0 Å². The Kier molecular flexibility index (Phi) is 5.49. The fourth-order valence-corrected chi connectivity index (χ4v) is 4.42. The summed E-state index contributed by atoms with van der Waals surface area (Å²) in [5.74, 6) is -4.23. The number of alkyl halides is 2. The number of hydrogen-bond acceptors (Lipinski definition) is 5. The van der Waals surface area contributed by atoms with Crippen LogP contribution in [0, 0.1) is 5.82 Å². The van der Waals surface area contributed by atoms with Crippen molar-refractivity contribution in [3.8, 4) is 17.1 Å². The number of amides is 1. The summed E-state index contributed by atoms with van der Waals surface area (Å²) < 4.78 is 49.0.